The fraction of sp³-hybridized carbons (Fsp3) is 0.550. The van der Waals surface area contributed by atoms with Gasteiger partial charge in [0.05, 0.1) is 7.11 Å². The van der Waals surface area contributed by atoms with Gasteiger partial charge >= 0.3 is 11.9 Å². The molecule has 0 aliphatic carbocycles. The molecule has 0 radical (unpaired) electrons. The molecule has 0 saturated heterocycles. The Morgan fingerprint density at radius 3 is 2.19 bits per heavy atom. The molecule has 0 saturated carbocycles. The van der Waals surface area contributed by atoms with Crippen molar-refractivity contribution >= 4 is 17.8 Å². The number of benzene rings is 1. The van der Waals surface area contributed by atoms with E-state index in [-0.39, 0.29) is 12.5 Å². The maximum absolute atomic E-state index is 11.9. The third kappa shape index (κ3) is 7.68. The molecule has 1 rings (SSSR count). The molecule has 0 aromatic heterocycles. The summed E-state index contributed by atoms with van der Waals surface area (Å²) in [4.78, 5) is 35.4. The molecule has 1 amide bonds. The number of nitrogens with one attached hydrogen (secondary N) is 1. The molecule has 1 aromatic carbocycles. The van der Waals surface area contributed by atoms with Crippen molar-refractivity contribution in [1.29, 1.82) is 0 Å². The van der Waals surface area contributed by atoms with Gasteiger partial charge in [-0.2, -0.15) is 0 Å². The second-order valence-corrected chi connectivity index (χ2v) is 6.63. The maximum Gasteiger partial charge on any atom is 0.344 e. The zero-order valence-electron chi connectivity index (χ0n) is 16.6. The molecule has 27 heavy (non-hydrogen) atoms. The zero-order valence-corrected chi connectivity index (χ0v) is 16.6. The van der Waals surface area contributed by atoms with Crippen LogP contribution in [-0.2, 0) is 23.9 Å². The van der Waals surface area contributed by atoms with E-state index in [0.29, 0.717) is 18.1 Å². The maximum atomic E-state index is 11.9. The topological polar surface area (TPSA) is 90.9 Å². The van der Waals surface area contributed by atoms with Crippen molar-refractivity contribution in [2.45, 2.75) is 46.1 Å². The third-order valence-corrected chi connectivity index (χ3v) is 4.25. The quantitative estimate of drug-likeness (QED) is 0.628. The minimum Gasteiger partial charge on any atom is -0.482 e. The van der Waals surface area contributed by atoms with Gasteiger partial charge in [-0.15, -0.1) is 0 Å². The third-order valence-electron chi connectivity index (χ3n) is 4.25. The van der Waals surface area contributed by atoms with Crippen molar-refractivity contribution in [2.24, 2.45) is 5.92 Å². The summed E-state index contributed by atoms with van der Waals surface area (Å²) in [5, 5.41) is 2.53. The lowest BCUT2D eigenvalue weighted by molar-refractivity contribution is -0.152. The van der Waals surface area contributed by atoms with Crippen molar-refractivity contribution in [3.63, 3.8) is 0 Å². The van der Waals surface area contributed by atoms with Gasteiger partial charge in [-0.1, -0.05) is 46.2 Å². The number of ether oxygens (including phenoxy) is 3. The van der Waals surface area contributed by atoms with Crippen LogP contribution in [0.15, 0.2) is 24.3 Å². The molecule has 0 aliphatic rings. The molecule has 1 aromatic rings. The van der Waals surface area contributed by atoms with Crippen LogP contribution >= 0.6 is 0 Å². The molecule has 0 bridgehead atoms. The number of amides is 1. The Hall–Kier alpha value is -2.57. The monoisotopic (exact) mass is 379 g/mol. The number of carbonyl (C=O) groups excluding carboxylic acids is 3. The number of hydrogen-bond donors (Lipinski definition) is 1. The van der Waals surface area contributed by atoms with Gasteiger partial charge < -0.3 is 19.5 Å². The Morgan fingerprint density at radius 1 is 1.04 bits per heavy atom. The van der Waals surface area contributed by atoms with Gasteiger partial charge in [0.1, 0.15) is 11.8 Å². The lowest BCUT2D eigenvalue weighted by Gasteiger charge is -2.21. The van der Waals surface area contributed by atoms with Crippen LogP contribution in [0.2, 0.25) is 0 Å². The van der Waals surface area contributed by atoms with E-state index < -0.39 is 30.5 Å². The number of esters is 2. The van der Waals surface area contributed by atoms with Crippen LogP contribution in [0, 0.1) is 5.92 Å². The van der Waals surface area contributed by atoms with Crippen LogP contribution in [-0.4, -0.2) is 44.2 Å². The summed E-state index contributed by atoms with van der Waals surface area (Å²) in [5.41, 5.74) is 1.17. The Balaban J connectivity index is 2.42. The summed E-state index contributed by atoms with van der Waals surface area (Å²) < 4.78 is 14.9. The number of rotatable bonds is 10. The molecule has 0 heterocycles. The summed E-state index contributed by atoms with van der Waals surface area (Å²) in [7, 11) is 1.26. The van der Waals surface area contributed by atoms with Gasteiger partial charge in [0.15, 0.2) is 13.2 Å². The van der Waals surface area contributed by atoms with Gasteiger partial charge in [-0.3, -0.25) is 4.79 Å². The number of carbonyl (C=O) groups is 3. The molecule has 7 heteroatoms. The highest BCUT2D eigenvalue weighted by Crippen LogP contribution is 2.18. The standard InChI is InChI=1S/C20H29NO6/c1-6-14(4)19(20(24)25-5)21-17(22)11-27-18(23)12-26-16-9-7-15(8-10-16)13(2)3/h7-10,13-14,19H,6,11-12H2,1-5H3,(H,21,22)/t14-,19+/m1/s1. The minimum absolute atomic E-state index is 0.103. The number of hydrogen-bond acceptors (Lipinski definition) is 6. The van der Waals surface area contributed by atoms with E-state index in [9.17, 15) is 14.4 Å². The van der Waals surface area contributed by atoms with E-state index in [0.717, 1.165) is 0 Å². The highest BCUT2D eigenvalue weighted by atomic mass is 16.6. The van der Waals surface area contributed by atoms with Crippen molar-refractivity contribution in [3.8, 4) is 5.75 Å². The Labute approximate surface area is 160 Å². The molecule has 7 nitrogen and oxygen atoms in total. The van der Waals surface area contributed by atoms with Crippen LogP contribution in [0.25, 0.3) is 0 Å². The fourth-order valence-electron chi connectivity index (χ4n) is 2.29. The Bertz CT molecular complexity index is 626. The second kappa shape index (κ2) is 11.2. The van der Waals surface area contributed by atoms with Crippen LogP contribution in [0.3, 0.4) is 0 Å². The zero-order chi connectivity index (χ0) is 20.4. The molecule has 0 fully saturated rings. The summed E-state index contributed by atoms with van der Waals surface area (Å²) in [6, 6.07) is 6.65. The minimum atomic E-state index is -0.776. The Morgan fingerprint density at radius 2 is 1.67 bits per heavy atom. The van der Waals surface area contributed by atoms with Crippen molar-refractivity contribution < 1.29 is 28.6 Å². The van der Waals surface area contributed by atoms with Gasteiger partial charge in [-0.05, 0) is 29.5 Å². The first kappa shape index (κ1) is 22.5. The van der Waals surface area contributed by atoms with Crippen LogP contribution in [0.1, 0.15) is 45.6 Å². The first-order chi connectivity index (χ1) is 12.8. The van der Waals surface area contributed by atoms with Crippen LogP contribution in [0.4, 0.5) is 0 Å². The van der Waals surface area contributed by atoms with E-state index in [4.69, 9.17) is 14.2 Å². The van der Waals surface area contributed by atoms with Gasteiger partial charge in [0, 0.05) is 0 Å². The van der Waals surface area contributed by atoms with E-state index in [1.54, 1.807) is 12.1 Å². The highest BCUT2D eigenvalue weighted by molar-refractivity contribution is 5.86. The predicted molar refractivity (Wildman–Crippen MR) is 100 cm³/mol. The van der Waals surface area contributed by atoms with E-state index in [2.05, 4.69) is 19.2 Å². The average molecular weight is 379 g/mol. The predicted octanol–water partition coefficient (Wildman–Crippen LogP) is 2.44. The summed E-state index contributed by atoms with van der Waals surface area (Å²) in [6.07, 6.45) is 0.684. The molecule has 150 valence electrons. The molecular weight excluding hydrogens is 350 g/mol. The van der Waals surface area contributed by atoms with E-state index in [1.165, 1.54) is 12.7 Å². The lowest BCUT2D eigenvalue weighted by Crippen LogP contribution is -2.47. The van der Waals surface area contributed by atoms with Crippen molar-refractivity contribution in [3.05, 3.63) is 29.8 Å². The summed E-state index contributed by atoms with van der Waals surface area (Å²) in [6.45, 7) is 7.11. The first-order valence-corrected chi connectivity index (χ1v) is 9.04. The van der Waals surface area contributed by atoms with Crippen LogP contribution < -0.4 is 10.1 Å². The Kier molecular flexibility index (Phi) is 9.33. The molecule has 1 N–H and O–H groups in total. The smallest absolute Gasteiger partial charge is 0.344 e. The van der Waals surface area contributed by atoms with Gasteiger partial charge in [0.25, 0.3) is 5.91 Å². The normalized spacial score (nSPS) is 12.8. The molecular formula is C20H29NO6. The van der Waals surface area contributed by atoms with E-state index >= 15 is 0 Å². The number of methoxy groups -OCH3 is 1. The molecule has 0 spiro atoms. The SMILES string of the molecule is CC[C@@H](C)[C@H](NC(=O)COC(=O)COc1ccc(C(C)C)cc1)C(=O)OC. The van der Waals surface area contributed by atoms with Crippen molar-refractivity contribution in [2.75, 3.05) is 20.3 Å². The largest absolute Gasteiger partial charge is 0.482 e. The second-order valence-electron chi connectivity index (χ2n) is 6.63. The summed E-state index contributed by atoms with van der Waals surface area (Å²) >= 11 is 0. The fourth-order valence-corrected chi connectivity index (χ4v) is 2.29. The van der Waals surface area contributed by atoms with Gasteiger partial charge in [0.2, 0.25) is 0 Å². The first-order valence-electron chi connectivity index (χ1n) is 9.04. The van der Waals surface area contributed by atoms with Crippen LogP contribution in [0.5, 0.6) is 5.75 Å². The van der Waals surface area contributed by atoms with E-state index in [1.807, 2.05) is 26.0 Å². The molecule has 0 aliphatic heterocycles. The average Bonchev–Trinajstić information content (AvgIpc) is 2.67. The summed E-state index contributed by atoms with van der Waals surface area (Å²) in [5.74, 6) is -0.918. The lowest BCUT2D eigenvalue weighted by atomic mass is 9.99. The highest BCUT2D eigenvalue weighted by Gasteiger charge is 2.26. The van der Waals surface area contributed by atoms with Gasteiger partial charge in [-0.25, -0.2) is 9.59 Å². The molecule has 2 atom stereocenters. The van der Waals surface area contributed by atoms with Crippen molar-refractivity contribution in [1.82, 2.24) is 5.32 Å². The molecule has 0 unspecified atom stereocenters.